The standard InChI is InChI=1S/C21H22N4O3/c1-28-15-6-4-13-10-18(23-16(13)12-15)21(27)24-17-11-14(20(22)26)5-7-19(17)25-8-2-3-9-25/h4-7,10-12,23H,2-3,8-9H2,1H3,(H2,22,26)(H,24,27). The number of aromatic nitrogens is 1. The SMILES string of the molecule is COc1ccc2cc(C(=O)Nc3cc(C(N)=O)ccc3N3CCCC3)[nH]c2c1. The molecule has 0 radical (unpaired) electrons. The zero-order chi connectivity index (χ0) is 19.7. The molecule has 1 aliphatic heterocycles. The molecule has 0 atom stereocenters. The Morgan fingerprint density at radius 1 is 1.11 bits per heavy atom. The second-order valence-corrected chi connectivity index (χ2v) is 6.88. The van der Waals surface area contributed by atoms with E-state index in [4.69, 9.17) is 10.5 Å². The minimum Gasteiger partial charge on any atom is -0.497 e. The van der Waals surface area contributed by atoms with Gasteiger partial charge < -0.3 is 25.7 Å². The van der Waals surface area contributed by atoms with Crippen molar-refractivity contribution in [3.8, 4) is 5.75 Å². The number of nitrogens with two attached hydrogens (primary N) is 1. The number of carbonyl (C=O) groups excluding carboxylic acids is 2. The summed E-state index contributed by atoms with van der Waals surface area (Å²) in [6, 6.07) is 12.6. The largest absolute Gasteiger partial charge is 0.497 e. The van der Waals surface area contributed by atoms with Crippen LogP contribution >= 0.6 is 0 Å². The number of nitrogens with one attached hydrogen (secondary N) is 2. The van der Waals surface area contributed by atoms with Gasteiger partial charge in [0, 0.05) is 35.6 Å². The number of nitrogens with zero attached hydrogens (tertiary/aromatic N) is 1. The van der Waals surface area contributed by atoms with Crippen molar-refractivity contribution in [3.05, 3.63) is 53.7 Å². The van der Waals surface area contributed by atoms with Crippen molar-refractivity contribution in [1.29, 1.82) is 0 Å². The Morgan fingerprint density at radius 2 is 1.89 bits per heavy atom. The molecule has 2 amide bonds. The van der Waals surface area contributed by atoms with E-state index in [9.17, 15) is 9.59 Å². The van der Waals surface area contributed by atoms with Gasteiger partial charge in [0.2, 0.25) is 5.91 Å². The molecule has 3 aromatic rings. The lowest BCUT2D eigenvalue weighted by molar-refractivity contribution is 0.0995. The average Bonchev–Trinajstić information content (AvgIpc) is 3.37. The Labute approximate surface area is 162 Å². The fourth-order valence-corrected chi connectivity index (χ4v) is 3.57. The van der Waals surface area contributed by atoms with Crippen LogP contribution in [0.2, 0.25) is 0 Å². The smallest absolute Gasteiger partial charge is 0.272 e. The molecule has 7 nitrogen and oxygen atoms in total. The Morgan fingerprint density at radius 3 is 2.61 bits per heavy atom. The third kappa shape index (κ3) is 3.38. The number of rotatable bonds is 5. The Hall–Kier alpha value is -3.48. The summed E-state index contributed by atoms with van der Waals surface area (Å²) in [6.07, 6.45) is 2.21. The van der Waals surface area contributed by atoms with Gasteiger partial charge in [-0.2, -0.15) is 0 Å². The molecule has 2 heterocycles. The molecule has 1 aliphatic rings. The summed E-state index contributed by atoms with van der Waals surface area (Å²) in [7, 11) is 1.60. The zero-order valence-corrected chi connectivity index (χ0v) is 15.6. The summed E-state index contributed by atoms with van der Waals surface area (Å²) < 4.78 is 5.23. The number of anilines is 2. The fourth-order valence-electron chi connectivity index (χ4n) is 3.57. The number of amides is 2. The van der Waals surface area contributed by atoms with E-state index >= 15 is 0 Å². The van der Waals surface area contributed by atoms with Crippen molar-refractivity contribution in [1.82, 2.24) is 4.98 Å². The predicted molar refractivity (Wildman–Crippen MR) is 109 cm³/mol. The second-order valence-electron chi connectivity index (χ2n) is 6.88. The summed E-state index contributed by atoms with van der Waals surface area (Å²) in [4.78, 5) is 29.8. The molecule has 0 unspecified atom stereocenters. The Bertz CT molecular complexity index is 1050. The number of primary amides is 1. The molecule has 1 aromatic heterocycles. The lowest BCUT2D eigenvalue weighted by Gasteiger charge is -2.22. The number of hydrogen-bond acceptors (Lipinski definition) is 4. The molecule has 1 saturated heterocycles. The first-order valence-corrected chi connectivity index (χ1v) is 9.22. The van der Waals surface area contributed by atoms with Crippen molar-refractivity contribution in [2.75, 3.05) is 30.4 Å². The van der Waals surface area contributed by atoms with Crippen LogP contribution in [0.5, 0.6) is 5.75 Å². The van der Waals surface area contributed by atoms with Crippen LogP contribution in [-0.2, 0) is 0 Å². The van der Waals surface area contributed by atoms with Gasteiger partial charge in [0.15, 0.2) is 0 Å². The molecule has 4 N–H and O–H groups in total. The molecular weight excluding hydrogens is 356 g/mol. The van der Waals surface area contributed by atoms with Crippen molar-refractivity contribution >= 4 is 34.1 Å². The van der Waals surface area contributed by atoms with Gasteiger partial charge in [-0.05, 0) is 49.2 Å². The number of carbonyl (C=O) groups is 2. The average molecular weight is 378 g/mol. The van der Waals surface area contributed by atoms with Gasteiger partial charge in [-0.1, -0.05) is 0 Å². The number of benzene rings is 2. The van der Waals surface area contributed by atoms with Crippen LogP contribution in [0.25, 0.3) is 10.9 Å². The molecule has 1 fully saturated rings. The highest BCUT2D eigenvalue weighted by Gasteiger charge is 2.19. The summed E-state index contributed by atoms with van der Waals surface area (Å²) >= 11 is 0. The first kappa shape index (κ1) is 17.9. The van der Waals surface area contributed by atoms with Crippen LogP contribution in [0.15, 0.2) is 42.5 Å². The fraction of sp³-hybridized carbons (Fsp3) is 0.238. The maximum Gasteiger partial charge on any atom is 0.272 e. The first-order valence-electron chi connectivity index (χ1n) is 9.22. The van der Waals surface area contributed by atoms with E-state index in [-0.39, 0.29) is 5.91 Å². The minimum atomic E-state index is -0.527. The molecule has 0 spiro atoms. The topological polar surface area (TPSA) is 100 Å². The summed E-state index contributed by atoms with van der Waals surface area (Å²) in [5.41, 5.74) is 8.51. The highest BCUT2D eigenvalue weighted by Crippen LogP contribution is 2.31. The molecule has 0 bridgehead atoms. The first-order chi connectivity index (χ1) is 13.5. The number of aromatic amines is 1. The summed E-state index contributed by atoms with van der Waals surface area (Å²) in [5.74, 6) is -0.0924. The van der Waals surface area contributed by atoms with Crippen LogP contribution in [-0.4, -0.2) is 37.0 Å². The Kier molecular flexibility index (Phi) is 4.65. The van der Waals surface area contributed by atoms with Crippen LogP contribution in [0.3, 0.4) is 0 Å². The second kappa shape index (κ2) is 7.26. The van der Waals surface area contributed by atoms with Crippen LogP contribution < -0.4 is 20.7 Å². The number of ether oxygens (including phenoxy) is 1. The van der Waals surface area contributed by atoms with Gasteiger partial charge in [0.25, 0.3) is 5.91 Å². The van der Waals surface area contributed by atoms with Gasteiger partial charge >= 0.3 is 0 Å². The summed E-state index contributed by atoms with van der Waals surface area (Å²) in [6.45, 7) is 1.84. The molecule has 0 saturated carbocycles. The van der Waals surface area contributed by atoms with Gasteiger partial charge in [-0.15, -0.1) is 0 Å². The van der Waals surface area contributed by atoms with E-state index < -0.39 is 5.91 Å². The third-order valence-corrected chi connectivity index (χ3v) is 5.05. The minimum absolute atomic E-state index is 0.280. The number of methoxy groups -OCH3 is 1. The summed E-state index contributed by atoms with van der Waals surface area (Å²) in [5, 5.41) is 3.85. The molecule has 2 aromatic carbocycles. The van der Waals surface area contributed by atoms with Crippen LogP contribution in [0.4, 0.5) is 11.4 Å². The van der Waals surface area contributed by atoms with Crippen molar-refractivity contribution in [2.24, 2.45) is 5.73 Å². The van der Waals surface area contributed by atoms with E-state index in [0.717, 1.165) is 42.5 Å². The van der Waals surface area contributed by atoms with Gasteiger partial charge in [0.05, 0.1) is 18.5 Å². The van der Waals surface area contributed by atoms with Crippen LogP contribution in [0, 0.1) is 0 Å². The number of hydrogen-bond donors (Lipinski definition) is 3. The lowest BCUT2D eigenvalue weighted by atomic mass is 10.1. The van der Waals surface area contributed by atoms with Crippen molar-refractivity contribution < 1.29 is 14.3 Å². The van der Waals surface area contributed by atoms with E-state index in [2.05, 4.69) is 15.2 Å². The van der Waals surface area contributed by atoms with E-state index in [1.807, 2.05) is 24.3 Å². The quantitative estimate of drug-likeness (QED) is 0.635. The third-order valence-electron chi connectivity index (χ3n) is 5.05. The molecular formula is C21H22N4O3. The lowest BCUT2D eigenvalue weighted by Crippen LogP contribution is -2.22. The van der Waals surface area contributed by atoms with Crippen LogP contribution in [0.1, 0.15) is 33.7 Å². The molecule has 7 heteroatoms. The van der Waals surface area contributed by atoms with Crippen molar-refractivity contribution in [2.45, 2.75) is 12.8 Å². The molecule has 28 heavy (non-hydrogen) atoms. The normalized spacial score (nSPS) is 13.7. The molecule has 0 aliphatic carbocycles. The van der Waals surface area contributed by atoms with E-state index in [1.54, 1.807) is 25.3 Å². The Balaban J connectivity index is 1.66. The molecule has 144 valence electrons. The predicted octanol–water partition coefficient (Wildman–Crippen LogP) is 3.13. The van der Waals surface area contributed by atoms with Gasteiger partial charge in [-0.25, -0.2) is 0 Å². The van der Waals surface area contributed by atoms with Gasteiger partial charge in [0.1, 0.15) is 11.4 Å². The monoisotopic (exact) mass is 378 g/mol. The van der Waals surface area contributed by atoms with E-state index in [1.165, 1.54) is 0 Å². The maximum atomic E-state index is 12.9. The van der Waals surface area contributed by atoms with E-state index in [0.29, 0.717) is 22.7 Å². The van der Waals surface area contributed by atoms with Gasteiger partial charge in [-0.3, -0.25) is 9.59 Å². The zero-order valence-electron chi connectivity index (χ0n) is 15.6. The molecule has 4 rings (SSSR count). The number of fused-ring (bicyclic) bond motifs is 1. The number of H-pyrrole nitrogens is 1. The van der Waals surface area contributed by atoms with Crippen molar-refractivity contribution in [3.63, 3.8) is 0 Å². The highest BCUT2D eigenvalue weighted by atomic mass is 16.5. The highest BCUT2D eigenvalue weighted by molar-refractivity contribution is 6.08. The maximum absolute atomic E-state index is 12.9.